The summed E-state index contributed by atoms with van der Waals surface area (Å²) in [7, 11) is 0. The number of hydrazine groups is 1. The van der Waals surface area contributed by atoms with Gasteiger partial charge in [-0.2, -0.15) is 18.4 Å². The van der Waals surface area contributed by atoms with Crippen molar-refractivity contribution >= 4 is 0 Å². The van der Waals surface area contributed by atoms with Crippen molar-refractivity contribution in [2.24, 2.45) is 11.7 Å². The van der Waals surface area contributed by atoms with Gasteiger partial charge in [-0.25, -0.2) is 10.9 Å². The summed E-state index contributed by atoms with van der Waals surface area (Å²) in [6, 6.07) is 14.6. The molecule has 0 bridgehead atoms. The van der Waals surface area contributed by atoms with Crippen molar-refractivity contribution in [2.75, 3.05) is 0 Å². The number of nitrogens with one attached hydrogen (secondary N) is 2. The van der Waals surface area contributed by atoms with E-state index in [0.29, 0.717) is 5.56 Å². The number of fused-ring (bicyclic) bond motifs is 1. The third-order valence-electron chi connectivity index (χ3n) is 5.46. The molecule has 5 nitrogen and oxygen atoms in total. The normalized spacial score (nSPS) is 26.6. The molecule has 0 saturated carbocycles. The minimum atomic E-state index is -4.48. The van der Waals surface area contributed by atoms with Crippen molar-refractivity contribution in [1.82, 2.24) is 10.9 Å². The maximum Gasteiger partial charge on any atom is 0.416 e. The summed E-state index contributed by atoms with van der Waals surface area (Å²) in [4.78, 5) is 0. The number of nitrogens with two attached hydrogens (primary N) is 1. The first-order chi connectivity index (χ1) is 13.8. The average Bonchev–Trinajstić information content (AvgIpc) is 3.10. The fraction of sp³-hybridized carbons (Fsp3) is 0.286. The van der Waals surface area contributed by atoms with E-state index in [1.807, 2.05) is 37.3 Å². The summed E-state index contributed by atoms with van der Waals surface area (Å²) in [5, 5.41) is 9.70. The molecule has 1 fully saturated rings. The van der Waals surface area contributed by atoms with Crippen LogP contribution in [-0.4, -0.2) is 6.23 Å². The second-order valence-electron chi connectivity index (χ2n) is 7.28. The molecular weight excluding hydrogens is 381 g/mol. The van der Waals surface area contributed by atoms with Crippen LogP contribution in [0.2, 0.25) is 0 Å². The van der Waals surface area contributed by atoms with Crippen LogP contribution >= 0.6 is 0 Å². The number of nitrogens with zero attached hydrogens (tertiary/aromatic N) is 1. The maximum atomic E-state index is 13.3. The first kappa shape index (κ1) is 19.3. The number of benzene rings is 2. The number of halogens is 3. The molecule has 2 aliphatic rings. The first-order valence-electron chi connectivity index (χ1n) is 9.11. The number of allylic oxidation sites excluding steroid dienone is 1. The van der Waals surface area contributed by atoms with Gasteiger partial charge in [-0.1, -0.05) is 48.0 Å². The topological polar surface area (TPSA) is 83.1 Å². The van der Waals surface area contributed by atoms with Crippen LogP contribution in [0.1, 0.15) is 34.2 Å². The van der Waals surface area contributed by atoms with E-state index >= 15 is 0 Å². The molecule has 2 aliphatic heterocycles. The molecule has 0 aliphatic carbocycles. The van der Waals surface area contributed by atoms with Gasteiger partial charge in [0.2, 0.25) is 5.88 Å². The van der Waals surface area contributed by atoms with Crippen molar-refractivity contribution in [3.8, 4) is 6.07 Å². The van der Waals surface area contributed by atoms with Crippen molar-refractivity contribution in [3.63, 3.8) is 0 Å². The number of nitriles is 1. The first-order valence-corrected chi connectivity index (χ1v) is 9.11. The summed E-state index contributed by atoms with van der Waals surface area (Å²) in [5.41, 5.74) is 13.9. The summed E-state index contributed by atoms with van der Waals surface area (Å²) in [6.07, 6.45) is -5.07. The van der Waals surface area contributed by atoms with Gasteiger partial charge in [-0.05, 0) is 24.1 Å². The van der Waals surface area contributed by atoms with Crippen LogP contribution < -0.4 is 16.6 Å². The zero-order valence-electron chi connectivity index (χ0n) is 15.5. The van der Waals surface area contributed by atoms with E-state index in [4.69, 9.17) is 10.5 Å². The van der Waals surface area contributed by atoms with Gasteiger partial charge in [0.1, 0.15) is 6.07 Å². The zero-order chi connectivity index (χ0) is 20.8. The summed E-state index contributed by atoms with van der Waals surface area (Å²) >= 11 is 0. The SMILES string of the molecule is Cc1ccc(C2NNC3OC(N)=C(C#N)C(c4cccc(C(F)(F)F)c4)C32)cc1. The number of aryl methyl sites for hydroxylation is 1. The summed E-state index contributed by atoms with van der Waals surface area (Å²) in [5.74, 6) is -1.10. The average molecular weight is 400 g/mol. The number of hydrogen-bond acceptors (Lipinski definition) is 5. The lowest BCUT2D eigenvalue weighted by Gasteiger charge is -2.36. The molecule has 1 saturated heterocycles. The Morgan fingerprint density at radius 3 is 2.45 bits per heavy atom. The van der Waals surface area contributed by atoms with Gasteiger partial charge in [0.05, 0.1) is 17.2 Å². The van der Waals surface area contributed by atoms with Gasteiger partial charge >= 0.3 is 6.18 Å². The van der Waals surface area contributed by atoms with Crippen LogP contribution in [0.25, 0.3) is 0 Å². The Balaban J connectivity index is 1.83. The Bertz CT molecular complexity index is 994. The highest BCUT2D eigenvalue weighted by Crippen LogP contribution is 2.48. The molecule has 8 heteroatoms. The zero-order valence-corrected chi connectivity index (χ0v) is 15.5. The lowest BCUT2D eigenvalue weighted by Crippen LogP contribution is -2.41. The molecule has 4 atom stereocenters. The summed E-state index contributed by atoms with van der Waals surface area (Å²) in [6.45, 7) is 1.97. The van der Waals surface area contributed by atoms with Crippen LogP contribution in [-0.2, 0) is 10.9 Å². The Morgan fingerprint density at radius 2 is 1.79 bits per heavy atom. The van der Waals surface area contributed by atoms with Gasteiger partial charge in [0, 0.05) is 11.8 Å². The number of rotatable bonds is 2. The van der Waals surface area contributed by atoms with E-state index < -0.39 is 23.9 Å². The molecule has 29 heavy (non-hydrogen) atoms. The largest absolute Gasteiger partial charge is 0.458 e. The predicted molar refractivity (Wildman–Crippen MR) is 99.6 cm³/mol. The van der Waals surface area contributed by atoms with Crippen molar-refractivity contribution in [1.29, 1.82) is 5.26 Å². The highest BCUT2D eigenvalue weighted by atomic mass is 19.4. The molecule has 4 N–H and O–H groups in total. The van der Waals surface area contributed by atoms with E-state index in [1.165, 1.54) is 6.07 Å². The highest BCUT2D eigenvalue weighted by Gasteiger charge is 2.49. The Labute approximate surface area is 165 Å². The van der Waals surface area contributed by atoms with Crippen molar-refractivity contribution in [2.45, 2.75) is 31.3 Å². The Kier molecular flexibility index (Phi) is 4.73. The highest BCUT2D eigenvalue weighted by molar-refractivity contribution is 5.44. The number of alkyl halides is 3. The van der Waals surface area contributed by atoms with Crippen LogP contribution in [0.3, 0.4) is 0 Å². The molecule has 2 heterocycles. The monoisotopic (exact) mass is 400 g/mol. The second-order valence-corrected chi connectivity index (χ2v) is 7.28. The van der Waals surface area contributed by atoms with Crippen molar-refractivity contribution < 1.29 is 17.9 Å². The van der Waals surface area contributed by atoms with Gasteiger partial charge in [0.15, 0.2) is 6.23 Å². The molecule has 0 aromatic heterocycles. The fourth-order valence-electron chi connectivity index (χ4n) is 4.06. The molecule has 0 radical (unpaired) electrons. The van der Waals surface area contributed by atoms with E-state index in [-0.39, 0.29) is 23.4 Å². The van der Waals surface area contributed by atoms with Gasteiger partial charge in [0.25, 0.3) is 0 Å². The third kappa shape index (κ3) is 3.43. The van der Waals surface area contributed by atoms with Crippen LogP contribution in [0, 0.1) is 24.2 Å². The van der Waals surface area contributed by atoms with Crippen molar-refractivity contribution in [3.05, 3.63) is 82.2 Å². The van der Waals surface area contributed by atoms with Gasteiger partial charge < -0.3 is 10.5 Å². The number of ether oxygens (including phenoxy) is 1. The smallest absolute Gasteiger partial charge is 0.416 e. The second kappa shape index (κ2) is 7.10. The van der Waals surface area contributed by atoms with E-state index in [0.717, 1.165) is 23.3 Å². The van der Waals surface area contributed by atoms with E-state index in [1.54, 1.807) is 6.07 Å². The predicted octanol–water partition coefficient (Wildman–Crippen LogP) is 3.61. The van der Waals surface area contributed by atoms with Crippen LogP contribution in [0.15, 0.2) is 60.0 Å². The molecule has 2 aromatic rings. The molecular formula is C21H19F3N4O. The minimum absolute atomic E-state index is 0.0741. The molecule has 4 unspecified atom stereocenters. The lowest BCUT2D eigenvalue weighted by molar-refractivity contribution is -0.137. The minimum Gasteiger partial charge on any atom is -0.458 e. The molecule has 2 aromatic carbocycles. The van der Waals surface area contributed by atoms with Crippen LogP contribution in [0.5, 0.6) is 0 Å². The quantitative estimate of drug-likeness (QED) is 0.717. The fourth-order valence-corrected chi connectivity index (χ4v) is 4.06. The lowest BCUT2D eigenvalue weighted by atomic mass is 9.74. The van der Waals surface area contributed by atoms with Gasteiger partial charge in [-0.3, -0.25) is 0 Å². The number of hydrogen-bond donors (Lipinski definition) is 3. The Morgan fingerprint density at radius 1 is 1.07 bits per heavy atom. The van der Waals surface area contributed by atoms with E-state index in [9.17, 15) is 18.4 Å². The summed E-state index contributed by atoms with van der Waals surface area (Å²) < 4.78 is 45.5. The third-order valence-corrected chi connectivity index (χ3v) is 5.46. The molecule has 150 valence electrons. The molecule has 4 rings (SSSR count). The molecule has 0 amide bonds. The van der Waals surface area contributed by atoms with Gasteiger partial charge in [-0.15, -0.1) is 0 Å². The Hall–Kier alpha value is -3.02. The standard InChI is InChI=1S/C21H19F3N4O/c1-11-5-7-12(8-6-11)18-17-16(13-3-2-4-14(9-13)21(22,23)24)15(10-25)19(26)29-20(17)28-27-18/h2-9,16-18,20,27-28H,26H2,1H3. The van der Waals surface area contributed by atoms with Crippen LogP contribution in [0.4, 0.5) is 13.2 Å². The maximum absolute atomic E-state index is 13.3. The van der Waals surface area contributed by atoms with E-state index in [2.05, 4.69) is 10.9 Å². The molecule has 0 spiro atoms.